The number of nitrogens with zero attached hydrogens (tertiary/aromatic N) is 2. The Kier molecular flexibility index (Phi) is 5.89. The maximum Gasteiger partial charge on any atom is 0.333 e. The fraction of sp³-hybridized carbons (Fsp3) is 0.278. The molecule has 0 fully saturated rings. The van der Waals surface area contributed by atoms with E-state index >= 15 is 0 Å². The number of esters is 1. The van der Waals surface area contributed by atoms with E-state index in [0.717, 1.165) is 23.2 Å². The minimum atomic E-state index is -0.440. The van der Waals surface area contributed by atoms with Gasteiger partial charge in [0, 0.05) is 18.2 Å². The number of aromatic nitrogens is 2. The third-order valence-corrected chi connectivity index (χ3v) is 3.51. The van der Waals surface area contributed by atoms with E-state index in [1.165, 1.54) is 7.11 Å². The lowest BCUT2D eigenvalue weighted by Crippen LogP contribution is -2.05. The normalized spacial score (nSPS) is 11.2. The minimum absolute atomic E-state index is 0.268. The molecule has 0 amide bonds. The molecule has 6 nitrogen and oxygen atoms in total. The topological polar surface area (TPSA) is 70.4 Å². The Morgan fingerprint density at radius 2 is 2.12 bits per heavy atom. The van der Waals surface area contributed by atoms with Crippen molar-refractivity contribution in [3.63, 3.8) is 0 Å². The Morgan fingerprint density at radius 3 is 2.71 bits per heavy atom. The zero-order valence-corrected chi connectivity index (χ0v) is 14.0. The molecule has 1 aromatic heterocycles. The highest BCUT2D eigenvalue weighted by molar-refractivity contribution is 5.94. The number of aryl methyl sites for hydroxylation is 1. The van der Waals surface area contributed by atoms with Gasteiger partial charge in [-0.1, -0.05) is 6.07 Å². The maximum atomic E-state index is 11.8. The number of hydrogen-bond donors (Lipinski definition) is 0. The molecular formula is C18H20N2O4. The van der Waals surface area contributed by atoms with Crippen LogP contribution in [-0.2, 0) is 14.3 Å². The number of imidazole rings is 1. The molecule has 0 aliphatic carbocycles. The van der Waals surface area contributed by atoms with Crippen molar-refractivity contribution in [1.29, 1.82) is 0 Å². The molecular weight excluding hydrogens is 308 g/mol. The van der Waals surface area contributed by atoms with Gasteiger partial charge < -0.3 is 18.8 Å². The van der Waals surface area contributed by atoms with E-state index < -0.39 is 5.97 Å². The molecule has 2 aromatic rings. The van der Waals surface area contributed by atoms with E-state index in [9.17, 15) is 9.59 Å². The summed E-state index contributed by atoms with van der Waals surface area (Å²) in [6, 6.07) is 5.59. The molecule has 0 spiro atoms. The summed E-state index contributed by atoms with van der Waals surface area (Å²) >= 11 is 0. The minimum Gasteiger partial charge on any atom is -0.495 e. The number of methoxy groups -OCH3 is 2. The van der Waals surface area contributed by atoms with Gasteiger partial charge in [0.2, 0.25) is 0 Å². The molecule has 1 aromatic carbocycles. The van der Waals surface area contributed by atoms with Crippen molar-refractivity contribution in [1.82, 2.24) is 9.55 Å². The van der Waals surface area contributed by atoms with Gasteiger partial charge in [0.25, 0.3) is 0 Å². The first-order chi connectivity index (χ1) is 11.6. The van der Waals surface area contributed by atoms with Crippen molar-refractivity contribution in [2.45, 2.75) is 19.8 Å². The second-order valence-corrected chi connectivity index (χ2v) is 5.22. The van der Waals surface area contributed by atoms with Gasteiger partial charge in [-0.15, -0.1) is 0 Å². The van der Waals surface area contributed by atoms with Crippen molar-refractivity contribution in [2.24, 2.45) is 0 Å². The van der Waals surface area contributed by atoms with Crippen LogP contribution in [0, 0.1) is 6.92 Å². The summed E-state index contributed by atoms with van der Waals surface area (Å²) in [5.74, 6) is 0.214. The zero-order valence-electron chi connectivity index (χ0n) is 14.0. The standard InChI is InChI=1S/C18H20N2O4/c1-13-11-20(12-19-13)16-7-6-14(10-17(16)23-2)9-15(5-4-8-21)18(22)24-3/h6-12H,4-5H2,1-3H3/b15-9+. The van der Waals surface area contributed by atoms with Gasteiger partial charge in [0.1, 0.15) is 12.0 Å². The van der Waals surface area contributed by atoms with Crippen molar-refractivity contribution in [2.75, 3.05) is 14.2 Å². The fourth-order valence-corrected chi connectivity index (χ4v) is 2.33. The number of carbonyl (C=O) groups is 2. The first-order valence-corrected chi connectivity index (χ1v) is 7.50. The van der Waals surface area contributed by atoms with Crippen LogP contribution in [0.15, 0.2) is 36.3 Å². The van der Waals surface area contributed by atoms with Gasteiger partial charge >= 0.3 is 5.97 Å². The molecule has 0 unspecified atom stereocenters. The van der Waals surface area contributed by atoms with E-state index in [1.807, 2.05) is 35.9 Å². The van der Waals surface area contributed by atoms with Crippen LogP contribution in [0.4, 0.5) is 0 Å². The summed E-state index contributed by atoms with van der Waals surface area (Å²) in [7, 11) is 2.91. The van der Waals surface area contributed by atoms with Gasteiger partial charge in [-0.25, -0.2) is 9.78 Å². The summed E-state index contributed by atoms with van der Waals surface area (Å²) in [6.45, 7) is 1.91. The van der Waals surface area contributed by atoms with Gasteiger partial charge in [0.05, 0.1) is 31.9 Å². The van der Waals surface area contributed by atoms with Crippen LogP contribution < -0.4 is 4.74 Å². The molecule has 0 aliphatic heterocycles. The quantitative estimate of drug-likeness (QED) is 0.444. The molecule has 0 atom stereocenters. The predicted molar refractivity (Wildman–Crippen MR) is 90.1 cm³/mol. The van der Waals surface area contributed by atoms with Gasteiger partial charge in [-0.05, 0) is 37.1 Å². The average Bonchev–Trinajstić information content (AvgIpc) is 3.03. The molecule has 24 heavy (non-hydrogen) atoms. The van der Waals surface area contributed by atoms with Crippen LogP contribution in [0.2, 0.25) is 0 Å². The number of carbonyl (C=O) groups excluding carboxylic acids is 2. The van der Waals surface area contributed by atoms with Gasteiger partial charge in [-0.3, -0.25) is 0 Å². The molecule has 0 radical (unpaired) electrons. The largest absolute Gasteiger partial charge is 0.495 e. The highest BCUT2D eigenvalue weighted by atomic mass is 16.5. The lowest BCUT2D eigenvalue weighted by atomic mass is 10.1. The molecule has 126 valence electrons. The molecule has 1 heterocycles. The van der Waals surface area contributed by atoms with Crippen molar-refractivity contribution < 1.29 is 19.1 Å². The van der Waals surface area contributed by atoms with Gasteiger partial charge in [0.15, 0.2) is 0 Å². The maximum absolute atomic E-state index is 11.8. The summed E-state index contributed by atoms with van der Waals surface area (Å²) < 4.78 is 12.1. The second kappa shape index (κ2) is 8.10. The Balaban J connectivity index is 2.38. The number of ether oxygens (including phenoxy) is 2. The number of hydrogen-bond acceptors (Lipinski definition) is 5. The van der Waals surface area contributed by atoms with Crippen molar-refractivity contribution in [3.8, 4) is 11.4 Å². The van der Waals surface area contributed by atoms with Crippen LogP contribution in [0.5, 0.6) is 5.75 Å². The summed E-state index contributed by atoms with van der Waals surface area (Å²) in [4.78, 5) is 26.6. The Bertz CT molecular complexity index is 762. The van der Waals surface area contributed by atoms with Crippen molar-refractivity contribution in [3.05, 3.63) is 47.6 Å². The van der Waals surface area contributed by atoms with Crippen molar-refractivity contribution >= 4 is 18.3 Å². The van der Waals surface area contributed by atoms with E-state index in [2.05, 4.69) is 4.98 Å². The first-order valence-electron chi connectivity index (χ1n) is 7.50. The van der Waals surface area contributed by atoms with E-state index in [0.29, 0.717) is 17.7 Å². The van der Waals surface area contributed by atoms with E-state index in [-0.39, 0.29) is 6.42 Å². The number of rotatable bonds is 7. The smallest absolute Gasteiger partial charge is 0.333 e. The highest BCUT2D eigenvalue weighted by Crippen LogP contribution is 2.26. The summed E-state index contributed by atoms with van der Waals surface area (Å²) in [6.07, 6.45) is 6.71. The molecule has 0 N–H and O–H groups in total. The Morgan fingerprint density at radius 1 is 1.33 bits per heavy atom. The lowest BCUT2D eigenvalue weighted by molar-refractivity contribution is -0.136. The summed E-state index contributed by atoms with van der Waals surface area (Å²) in [5, 5.41) is 0. The number of benzene rings is 1. The molecule has 2 rings (SSSR count). The fourth-order valence-electron chi connectivity index (χ4n) is 2.33. The lowest BCUT2D eigenvalue weighted by Gasteiger charge is -2.11. The predicted octanol–water partition coefficient (Wildman–Crippen LogP) is 2.72. The first kappa shape index (κ1) is 17.5. The van der Waals surface area contributed by atoms with Crippen LogP contribution in [0.25, 0.3) is 11.8 Å². The van der Waals surface area contributed by atoms with Crippen LogP contribution in [0.1, 0.15) is 24.1 Å². The third kappa shape index (κ3) is 4.10. The van der Waals surface area contributed by atoms with Gasteiger partial charge in [-0.2, -0.15) is 0 Å². The molecule has 6 heteroatoms. The highest BCUT2D eigenvalue weighted by Gasteiger charge is 2.11. The van der Waals surface area contributed by atoms with Crippen LogP contribution in [0.3, 0.4) is 0 Å². The Hall–Kier alpha value is -2.89. The SMILES string of the molecule is COC(=O)/C(=C/c1ccc(-n2cnc(C)c2)c(OC)c1)CCC=O. The summed E-state index contributed by atoms with van der Waals surface area (Å²) in [5.41, 5.74) is 2.99. The second-order valence-electron chi connectivity index (χ2n) is 5.22. The third-order valence-electron chi connectivity index (χ3n) is 3.51. The molecule has 0 bridgehead atoms. The number of aldehydes is 1. The molecule has 0 saturated carbocycles. The van der Waals surface area contributed by atoms with Crippen LogP contribution >= 0.6 is 0 Å². The molecule has 0 aliphatic rings. The van der Waals surface area contributed by atoms with Crippen LogP contribution in [-0.4, -0.2) is 36.0 Å². The Labute approximate surface area is 140 Å². The van der Waals surface area contributed by atoms with E-state index in [1.54, 1.807) is 19.5 Å². The van der Waals surface area contributed by atoms with E-state index in [4.69, 9.17) is 9.47 Å². The monoisotopic (exact) mass is 328 g/mol. The molecule has 0 saturated heterocycles. The zero-order chi connectivity index (χ0) is 17.5. The average molecular weight is 328 g/mol.